The topological polar surface area (TPSA) is 0 Å². The molecule has 1 aliphatic carbocycles. The molecule has 0 fully saturated rings. The second-order valence-electron chi connectivity index (χ2n) is 3.79. The summed E-state index contributed by atoms with van der Waals surface area (Å²) in [5.41, 5.74) is 0. The second kappa shape index (κ2) is 5.18. The summed E-state index contributed by atoms with van der Waals surface area (Å²) in [6.45, 7) is 6.19. The fourth-order valence-electron chi connectivity index (χ4n) is 1.91. The van der Waals surface area contributed by atoms with E-state index >= 15 is 0 Å². The summed E-state index contributed by atoms with van der Waals surface area (Å²) >= 11 is 0. The minimum atomic E-state index is 0.764. The third kappa shape index (κ3) is 2.84. The maximum absolute atomic E-state index is 3.90. The van der Waals surface area contributed by atoms with Crippen molar-refractivity contribution >= 4 is 0 Å². The zero-order chi connectivity index (χ0) is 8.81. The first-order valence-corrected chi connectivity index (χ1v) is 5.14. The van der Waals surface area contributed by atoms with Crippen LogP contribution in [-0.4, -0.2) is 0 Å². The van der Waals surface area contributed by atoms with Crippen LogP contribution in [0, 0.1) is 11.8 Å². The molecule has 0 saturated carbocycles. The molecule has 0 aromatic rings. The lowest BCUT2D eigenvalue weighted by Crippen LogP contribution is -2.07. The quantitative estimate of drug-likeness (QED) is 0.542. The number of rotatable bonds is 2. The van der Waals surface area contributed by atoms with Crippen LogP contribution >= 0.6 is 0 Å². The van der Waals surface area contributed by atoms with Crippen LogP contribution in [0.3, 0.4) is 0 Å². The predicted octanol–water partition coefficient (Wildman–Crippen LogP) is 3.95. The Bertz CT molecular complexity index is 155. The lowest BCUT2D eigenvalue weighted by atomic mass is 9.85. The summed E-state index contributed by atoms with van der Waals surface area (Å²) in [7, 11) is 0. The summed E-state index contributed by atoms with van der Waals surface area (Å²) < 4.78 is 0. The number of allylic oxidation sites excluding steroid dienone is 3. The fourth-order valence-corrected chi connectivity index (χ4v) is 1.91. The Morgan fingerprint density at radius 2 is 2.33 bits per heavy atom. The van der Waals surface area contributed by atoms with Crippen molar-refractivity contribution in [3.05, 3.63) is 24.8 Å². The van der Waals surface area contributed by atoms with Gasteiger partial charge in [0, 0.05) is 0 Å². The molecular weight excluding hydrogens is 144 g/mol. The van der Waals surface area contributed by atoms with Gasteiger partial charge in [0.2, 0.25) is 0 Å². The van der Waals surface area contributed by atoms with Crippen molar-refractivity contribution in [2.75, 3.05) is 0 Å². The third-order valence-corrected chi connectivity index (χ3v) is 2.89. The molecule has 1 rings (SSSR count). The Morgan fingerprint density at radius 3 is 3.00 bits per heavy atom. The maximum atomic E-state index is 3.90. The zero-order valence-electron chi connectivity index (χ0n) is 8.13. The van der Waals surface area contributed by atoms with E-state index in [1.807, 2.05) is 0 Å². The minimum absolute atomic E-state index is 0.764. The average Bonchev–Trinajstić information content (AvgIpc) is 2.05. The molecule has 0 saturated heterocycles. The molecular formula is C12H20. The third-order valence-electron chi connectivity index (χ3n) is 2.89. The molecule has 0 aromatic carbocycles. The van der Waals surface area contributed by atoms with Gasteiger partial charge in [-0.1, -0.05) is 31.6 Å². The van der Waals surface area contributed by atoms with Crippen molar-refractivity contribution in [3.63, 3.8) is 0 Å². The monoisotopic (exact) mass is 164 g/mol. The molecule has 0 nitrogen and oxygen atoms in total. The molecule has 1 aliphatic rings. The largest absolute Gasteiger partial charge is 0.103 e. The first-order chi connectivity index (χ1) is 5.86. The van der Waals surface area contributed by atoms with Crippen molar-refractivity contribution in [2.45, 2.75) is 39.0 Å². The Balaban J connectivity index is 2.49. The first-order valence-electron chi connectivity index (χ1n) is 5.14. The second-order valence-corrected chi connectivity index (χ2v) is 3.79. The van der Waals surface area contributed by atoms with Gasteiger partial charge in [0.05, 0.1) is 0 Å². The van der Waals surface area contributed by atoms with Gasteiger partial charge in [0.15, 0.2) is 0 Å². The van der Waals surface area contributed by atoms with E-state index in [1.54, 1.807) is 0 Å². The highest BCUT2D eigenvalue weighted by atomic mass is 14.2. The molecule has 0 aromatic heterocycles. The van der Waals surface area contributed by atoms with Gasteiger partial charge in [-0.3, -0.25) is 0 Å². The number of hydrogen-bond acceptors (Lipinski definition) is 0. The Kier molecular flexibility index (Phi) is 4.13. The molecule has 0 bridgehead atoms. The summed E-state index contributed by atoms with van der Waals surface area (Å²) in [5, 5.41) is 0. The van der Waals surface area contributed by atoms with E-state index in [1.165, 1.54) is 32.1 Å². The van der Waals surface area contributed by atoms with E-state index in [2.05, 4.69) is 31.7 Å². The van der Waals surface area contributed by atoms with Crippen LogP contribution in [-0.2, 0) is 0 Å². The van der Waals surface area contributed by atoms with Gasteiger partial charge in [-0.25, -0.2) is 0 Å². The highest BCUT2D eigenvalue weighted by Gasteiger charge is 2.12. The molecule has 0 radical (unpaired) electrons. The van der Waals surface area contributed by atoms with Crippen molar-refractivity contribution in [1.82, 2.24) is 0 Å². The van der Waals surface area contributed by atoms with Crippen LogP contribution in [0.1, 0.15) is 39.0 Å². The standard InChI is InChI=1S/C12H20/c1-3-11-8-6-5-7-9-12(4-2)10-11/h3,5,7,11-12H,1,4,6,8-10H2,2H3. The molecule has 68 valence electrons. The van der Waals surface area contributed by atoms with Crippen LogP contribution in [0.25, 0.3) is 0 Å². The normalized spacial score (nSPS) is 30.8. The van der Waals surface area contributed by atoms with Gasteiger partial charge in [0.25, 0.3) is 0 Å². The highest BCUT2D eigenvalue weighted by molar-refractivity contribution is 4.91. The SMILES string of the molecule is C=CC1CCC=CCC(CC)C1. The Hall–Kier alpha value is -0.520. The maximum Gasteiger partial charge on any atom is -0.0231 e. The van der Waals surface area contributed by atoms with Crippen LogP contribution < -0.4 is 0 Å². The van der Waals surface area contributed by atoms with E-state index in [0.29, 0.717) is 0 Å². The molecule has 12 heavy (non-hydrogen) atoms. The van der Waals surface area contributed by atoms with E-state index < -0.39 is 0 Å². The summed E-state index contributed by atoms with van der Waals surface area (Å²) in [6, 6.07) is 0. The minimum Gasteiger partial charge on any atom is -0.103 e. The molecule has 0 amide bonds. The highest BCUT2D eigenvalue weighted by Crippen LogP contribution is 2.26. The summed E-state index contributed by atoms with van der Waals surface area (Å²) in [4.78, 5) is 0. The Morgan fingerprint density at radius 1 is 1.50 bits per heavy atom. The van der Waals surface area contributed by atoms with Crippen molar-refractivity contribution in [2.24, 2.45) is 11.8 Å². The lowest BCUT2D eigenvalue weighted by Gasteiger charge is -2.20. The van der Waals surface area contributed by atoms with E-state index in [4.69, 9.17) is 0 Å². The Labute approximate surface area is 76.4 Å². The van der Waals surface area contributed by atoms with Crippen LogP contribution in [0.15, 0.2) is 24.8 Å². The molecule has 0 spiro atoms. The van der Waals surface area contributed by atoms with Gasteiger partial charge in [0.1, 0.15) is 0 Å². The van der Waals surface area contributed by atoms with E-state index in [9.17, 15) is 0 Å². The molecule has 0 heteroatoms. The predicted molar refractivity (Wildman–Crippen MR) is 55.1 cm³/mol. The fraction of sp³-hybridized carbons (Fsp3) is 0.667. The van der Waals surface area contributed by atoms with Crippen LogP contribution in [0.2, 0.25) is 0 Å². The molecule has 0 aliphatic heterocycles. The van der Waals surface area contributed by atoms with Crippen molar-refractivity contribution in [1.29, 1.82) is 0 Å². The average molecular weight is 164 g/mol. The van der Waals surface area contributed by atoms with Crippen LogP contribution in [0.5, 0.6) is 0 Å². The number of hydrogen-bond donors (Lipinski definition) is 0. The first kappa shape index (κ1) is 9.57. The smallest absolute Gasteiger partial charge is 0.0231 e. The molecule has 2 atom stereocenters. The molecule has 0 heterocycles. The van der Waals surface area contributed by atoms with E-state index in [0.717, 1.165) is 11.8 Å². The van der Waals surface area contributed by atoms with Gasteiger partial charge < -0.3 is 0 Å². The summed E-state index contributed by atoms with van der Waals surface area (Å²) in [5.74, 6) is 1.66. The van der Waals surface area contributed by atoms with Crippen molar-refractivity contribution < 1.29 is 0 Å². The van der Waals surface area contributed by atoms with Gasteiger partial charge in [-0.15, -0.1) is 6.58 Å². The van der Waals surface area contributed by atoms with E-state index in [-0.39, 0.29) is 0 Å². The summed E-state index contributed by atoms with van der Waals surface area (Å²) in [6.07, 6.45) is 13.3. The van der Waals surface area contributed by atoms with Crippen molar-refractivity contribution in [3.8, 4) is 0 Å². The molecule has 0 N–H and O–H groups in total. The lowest BCUT2D eigenvalue weighted by molar-refractivity contribution is 0.388. The zero-order valence-corrected chi connectivity index (χ0v) is 8.13. The van der Waals surface area contributed by atoms with Gasteiger partial charge in [-0.05, 0) is 37.5 Å². The van der Waals surface area contributed by atoms with Crippen LogP contribution in [0.4, 0.5) is 0 Å². The molecule has 2 unspecified atom stereocenters. The van der Waals surface area contributed by atoms with Gasteiger partial charge >= 0.3 is 0 Å². The van der Waals surface area contributed by atoms with Gasteiger partial charge in [-0.2, -0.15) is 0 Å².